The molecule has 110 valence electrons. The summed E-state index contributed by atoms with van der Waals surface area (Å²) in [6, 6.07) is -0.0684. The SMILES string of the molecule is CCCCCNC(=O)CC1CSc2ncc(C)c(=O)n21. The Kier molecular flexibility index (Phi) is 5.23. The van der Waals surface area contributed by atoms with Crippen LogP contribution in [0, 0.1) is 6.92 Å². The molecule has 0 saturated heterocycles. The molecule has 6 heteroatoms. The van der Waals surface area contributed by atoms with Crippen molar-refractivity contribution in [1.29, 1.82) is 0 Å². The molecule has 0 fully saturated rings. The maximum atomic E-state index is 12.1. The number of unbranched alkanes of at least 4 members (excludes halogenated alkanes) is 2. The Morgan fingerprint density at radius 1 is 1.55 bits per heavy atom. The fourth-order valence-corrected chi connectivity index (χ4v) is 3.37. The normalized spacial score (nSPS) is 17.0. The molecular weight excluding hydrogens is 274 g/mol. The molecule has 1 unspecified atom stereocenters. The van der Waals surface area contributed by atoms with Crippen LogP contribution in [-0.4, -0.2) is 27.8 Å². The maximum Gasteiger partial charge on any atom is 0.257 e. The molecule has 1 amide bonds. The molecule has 1 aliphatic rings. The summed E-state index contributed by atoms with van der Waals surface area (Å²) in [5.41, 5.74) is 0.605. The van der Waals surface area contributed by atoms with Gasteiger partial charge in [0.1, 0.15) is 0 Å². The summed E-state index contributed by atoms with van der Waals surface area (Å²) in [7, 11) is 0. The van der Waals surface area contributed by atoms with Crippen molar-refractivity contribution in [2.75, 3.05) is 12.3 Å². The minimum Gasteiger partial charge on any atom is -0.356 e. The highest BCUT2D eigenvalue weighted by atomic mass is 32.2. The average molecular weight is 295 g/mol. The molecule has 5 nitrogen and oxygen atoms in total. The van der Waals surface area contributed by atoms with Crippen molar-refractivity contribution in [2.45, 2.75) is 50.7 Å². The first-order valence-electron chi connectivity index (χ1n) is 7.11. The first-order chi connectivity index (χ1) is 9.63. The van der Waals surface area contributed by atoms with Crippen LogP contribution in [0.5, 0.6) is 0 Å². The van der Waals surface area contributed by atoms with Gasteiger partial charge in [-0.3, -0.25) is 14.2 Å². The number of hydrogen-bond donors (Lipinski definition) is 1. The molecule has 1 atom stereocenters. The van der Waals surface area contributed by atoms with Gasteiger partial charge in [-0.15, -0.1) is 0 Å². The molecular formula is C14H21N3O2S. The second-order valence-corrected chi connectivity index (χ2v) is 6.11. The number of aryl methyl sites for hydroxylation is 1. The van der Waals surface area contributed by atoms with Gasteiger partial charge in [0.05, 0.1) is 6.04 Å². The molecule has 0 aromatic carbocycles. The number of thioether (sulfide) groups is 1. The first-order valence-corrected chi connectivity index (χ1v) is 8.09. The average Bonchev–Trinajstić information content (AvgIpc) is 2.83. The third-order valence-corrected chi connectivity index (χ3v) is 4.54. The second-order valence-electron chi connectivity index (χ2n) is 5.12. The smallest absolute Gasteiger partial charge is 0.257 e. The van der Waals surface area contributed by atoms with Gasteiger partial charge < -0.3 is 5.32 Å². The molecule has 0 saturated carbocycles. The molecule has 0 aliphatic carbocycles. The van der Waals surface area contributed by atoms with Crippen molar-refractivity contribution in [3.05, 3.63) is 22.1 Å². The van der Waals surface area contributed by atoms with E-state index in [4.69, 9.17) is 0 Å². The van der Waals surface area contributed by atoms with Crippen molar-refractivity contribution in [3.8, 4) is 0 Å². The zero-order chi connectivity index (χ0) is 14.5. The fourth-order valence-electron chi connectivity index (χ4n) is 2.26. The second kappa shape index (κ2) is 6.92. The van der Waals surface area contributed by atoms with Crippen LogP contribution < -0.4 is 10.9 Å². The lowest BCUT2D eigenvalue weighted by atomic mass is 10.2. The third-order valence-electron chi connectivity index (χ3n) is 3.42. The summed E-state index contributed by atoms with van der Waals surface area (Å²) < 4.78 is 1.67. The fraction of sp³-hybridized carbons (Fsp3) is 0.643. The van der Waals surface area contributed by atoms with Crippen molar-refractivity contribution in [2.24, 2.45) is 0 Å². The molecule has 2 rings (SSSR count). The highest BCUT2D eigenvalue weighted by Gasteiger charge is 2.27. The summed E-state index contributed by atoms with van der Waals surface area (Å²) in [5.74, 6) is 0.765. The van der Waals surface area contributed by atoms with Crippen molar-refractivity contribution < 1.29 is 4.79 Å². The molecule has 2 heterocycles. The predicted octanol–water partition coefficient (Wildman–Crippen LogP) is 1.90. The number of nitrogens with one attached hydrogen (secondary N) is 1. The van der Waals surface area contributed by atoms with Crippen LogP contribution in [0.3, 0.4) is 0 Å². The topological polar surface area (TPSA) is 64.0 Å². The van der Waals surface area contributed by atoms with E-state index in [0.717, 1.165) is 36.7 Å². The van der Waals surface area contributed by atoms with Gasteiger partial charge in [0, 0.05) is 30.5 Å². The monoisotopic (exact) mass is 295 g/mol. The maximum absolute atomic E-state index is 12.1. The number of aromatic nitrogens is 2. The number of carbonyl (C=O) groups is 1. The van der Waals surface area contributed by atoms with Gasteiger partial charge in [-0.1, -0.05) is 31.5 Å². The van der Waals surface area contributed by atoms with Gasteiger partial charge in [0.2, 0.25) is 5.91 Å². The van der Waals surface area contributed by atoms with E-state index >= 15 is 0 Å². The summed E-state index contributed by atoms with van der Waals surface area (Å²) in [4.78, 5) is 28.3. The Labute approximate surface area is 123 Å². The van der Waals surface area contributed by atoms with E-state index in [2.05, 4.69) is 17.2 Å². The Bertz CT molecular complexity index is 542. The molecule has 0 spiro atoms. The van der Waals surface area contributed by atoms with Crippen LogP contribution in [0.4, 0.5) is 0 Å². The molecule has 1 N–H and O–H groups in total. The van der Waals surface area contributed by atoms with Crippen LogP contribution in [0.2, 0.25) is 0 Å². The molecule has 20 heavy (non-hydrogen) atoms. The summed E-state index contributed by atoms with van der Waals surface area (Å²) >= 11 is 1.54. The van der Waals surface area contributed by atoms with E-state index < -0.39 is 0 Å². The number of amides is 1. The lowest BCUT2D eigenvalue weighted by Crippen LogP contribution is -2.31. The van der Waals surface area contributed by atoms with Gasteiger partial charge in [0.25, 0.3) is 5.56 Å². The van der Waals surface area contributed by atoms with Crippen molar-refractivity contribution in [1.82, 2.24) is 14.9 Å². The van der Waals surface area contributed by atoms with Gasteiger partial charge in [0.15, 0.2) is 5.16 Å². The van der Waals surface area contributed by atoms with E-state index in [1.165, 1.54) is 0 Å². The predicted molar refractivity (Wildman–Crippen MR) is 80.1 cm³/mol. The van der Waals surface area contributed by atoms with E-state index in [1.807, 2.05) is 0 Å². The minimum absolute atomic E-state index is 0.0213. The molecule has 0 bridgehead atoms. The lowest BCUT2D eigenvalue weighted by molar-refractivity contribution is -0.121. The number of rotatable bonds is 6. The van der Waals surface area contributed by atoms with Crippen LogP contribution in [0.25, 0.3) is 0 Å². The van der Waals surface area contributed by atoms with E-state index in [0.29, 0.717) is 12.0 Å². The highest BCUT2D eigenvalue weighted by Crippen LogP contribution is 2.31. The van der Waals surface area contributed by atoms with E-state index in [-0.39, 0.29) is 17.5 Å². The van der Waals surface area contributed by atoms with Crippen LogP contribution in [-0.2, 0) is 4.79 Å². The van der Waals surface area contributed by atoms with Gasteiger partial charge in [-0.25, -0.2) is 4.98 Å². The number of carbonyl (C=O) groups excluding carboxylic acids is 1. The summed E-state index contributed by atoms with van der Waals surface area (Å²) in [6.07, 6.45) is 5.25. The molecule has 1 aromatic heterocycles. The number of fused-ring (bicyclic) bond motifs is 1. The third kappa shape index (κ3) is 3.42. The Morgan fingerprint density at radius 3 is 3.10 bits per heavy atom. The Morgan fingerprint density at radius 2 is 2.35 bits per heavy atom. The van der Waals surface area contributed by atoms with Crippen LogP contribution in [0.1, 0.15) is 44.2 Å². The van der Waals surface area contributed by atoms with Gasteiger partial charge >= 0.3 is 0 Å². The lowest BCUT2D eigenvalue weighted by Gasteiger charge is -2.13. The summed E-state index contributed by atoms with van der Waals surface area (Å²) in [6.45, 7) is 4.62. The van der Waals surface area contributed by atoms with Crippen molar-refractivity contribution in [3.63, 3.8) is 0 Å². The summed E-state index contributed by atoms with van der Waals surface area (Å²) in [5, 5.41) is 3.65. The number of nitrogens with zero attached hydrogens (tertiary/aromatic N) is 2. The van der Waals surface area contributed by atoms with E-state index in [9.17, 15) is 9.59 Å². The van der Waals surface area contributed by atoms with Crippen molar-refractivity contribution >= 4 is 17.7 Å². The van der Waals surface area contributed by atoms with Crippen LogP contribution in [0.15, 0.2) is 16.1 Å². The zero-order valence-electron chi connectivity index (χ0n) is 12.0. The first kappa shape index (κ1) is 15.1. The molecule has 0 radical (unpaired) electrons. The molecule has 1 aromatic rings. The highest BCUT2D eigenvalue weighted by molar-refractivity contribution is 7.99. The quantitative estimate of drug-likeness (QED) is 0.643. The van der Waals surface area contributed by atoms with Crippen LogP contribution >= 0.6 is 11.8 Å². The Hall–Kier alpha value is -1.30. The molecule has 1 aliphatic heterocycles. The largest absolute Gasteiger partial charge is 0.356 e. The minimum atomic E-state index is -0.0684. The van der Waals surface area contributed by atoms with Gasteiger partial charge in [-0.2, -0.15) is 0 Å². The zero-order valence-corrected chi connectivity index (χ0v) is 12.8. The van der Waals surface area contributed by atoms with E-state index in [1.54, 1.807) is 29.4 Å². The Balaban J connectivity index is 1.95. The standard InChI is InChI=1S/C14H21N3O2S/c1-3-4-5-6-15-12(18)7-11-9-20-14-16-8-10(2)13(19)17(11)14/h8,11H,3-7,9H2,1-2H3,(H,15,18). The number of hydrogen-bond acceptors (Lipinski definition) is 4. The van der Waals surface area contributed by atoms with Gasteiger partial charge in [-0.05, 0) is 13.3 Å².